The lowest BCUT2D eigenvalue weighted by Crippen LogP contribution is -2.51. The van der Waals surface area contributed by atoms with Crippen molar-refractivity contribution in [2.45, 2.75) is 41.6 Å². The number of carbonyl (C=O) groups excluding carboxylic acids is 2. The number of piperidine rings is 1. The third-order valence-electron chi connectivity index (χ3n) is 5.28. The minimum Gasteiger partial charge on any atom is -0.348 e. The van der Waals surface area contributed by atoms with E-state index >= 15 is 0 Å². The zero-order chi connectivity index (χ0) is 19.2. The van der Waals surface area contributed by atoms with Crippen molar-refractivity contribution in [1.29, 1.82) is 0 Å². The molecular weight excluding hydrogens is 364 g/mol. The SMILES string of the molecule is CC1NCCCC1NC(=O)c1ccc2c(c1)S(=O)(=O)c1ccccc1C2=O. The Morgan fingerprint density at radius 3 is 2.63 bits per heavy atom. The van der Waals surface area contributed by atoms with Gasteiger partial charge in [-0.2, -0.15) is 0 Å². The molecule has 7 heteroatoms. The molecule has 1 fully saturated rings. The second-order valence-electron chi connectivity index (χ2n) is 7.00. The molecule has 6 nitrogen and oxygen atoms in total. The fourth-order valence-corrected chi connectivity index (χ4v) is 5.40. The molecular formula is C20H20N2O4S. The quantitative estimate of drug-likeness (QED) is 0.704. The standard InChI is InChI=1S/C20H20N2O4S/c1-12-16(6-4-10-21-12)22-20(24)13-8-9-15-18(11-13)27(25,26)17-7-3-2-5-14(17)19(15)23/h2-3,5,7-9,11-12,16,21H,4,6,10H2,1H3,(H,22,24). The van der Waals surface area contributed by atoms with Crippen LogP contribution in [0.3, 0.4) is 0 Å². The van der Waals surface area contributed by atoms with Gasteiger partial charge in [-0.3, -0.25) is 9.59 Å². The van der Waals surface area contributed by atoms with Gasteiger partial charge in [0.05, 0.1) is 9.79 Å². The van der Waals surface area contributed by atoms with Crippen LogP contribution in [-0.2, 0) is 9.84 Å². The summed E-state index contributed by atoms with van der Waals surface area (Å²) in [6.07, 6.45) is 1.84. The van der Waals surface area contributed by atoms with Crippen LogP contribution in [0.4, 0.5) is 0 Å². The first-order valence-corrected chi connectivity index (χ1v) is 10.4. The van der Waals surface area contributed by atoms with Crippen LogP contribution in [0.25, 0.3) is 0 Å². The molecule has 2 aromatic carbocycles. The molecule has 0 aromatic heterocycles. The number of fused-ring (bicyclic) bond motifs is 2. The summed E-state index contributed by atoms with van der Waals surface area (Å²) in [6, 6.07) is 10.6. The third kappa shape index (κ3) is 2.96. The summed E-state index contributed by atoms with van der Waals surface area (Å²) in [5.74, 6) is -0.674. The summed E-state index contributed by atoms with van der Waals surface area (Å²) in [7, 11) is -3.85. The second kappa shape index (κ2) is 6.58. The Bertz CT molecular complexity index is 1050. The Kier molecular flexibility index (Phi) is 4.36. The summed E-state index contributed by atoms with van der Waals surface area (Å²) in [5.41, 5.74) is 0.518. The number of benzene rings is 2. The number of ketones is 1. The predicted octanol–water partition coefficient (Wildman–Crippen LogP) is 1.93. The Morgan fingerprint density at radius 1 is 1.11 bits per heavy atom. The zero-order valence-electron chi connectivity index (χ0n) is 14.9. The summed E-state index contributed by atoms with van der Waals surface area (Å²) in [4.78, 5) is 25.2. The van der Waals surface area contributed by atoms with Crippen LogP contribution >= 0.6 is 0 Å². The molecule has 0 spiro atoms. The smallest absolute Gasteiger partial charge is 0.251 e. The van der Waals surface area contributed by atoms with Crippen LogP contribution in [-0.4, -0.2) is 38.7 Å². The lowest BCUT2D eigenvalue weighted by atomic mass is 9.98. The van der Waals surface area contributed by atoms with Gasteiger partial charge in [-0.15, -0.1) is 0 Å². The van der Waals surface area contributed by atoms with Crippen molar-refractivity contribution in [1.82, 2.24) is 10.6 Å². The van der Waals surface area contributed by atoms with E-state index in [0.717, 1.165) is 19.4 Å². The molecule has 2 heterocycles. The number of hydrogen-bond acceptors (Lipinski definition) is 5. The molecule has 2 aromatic rings. The topological polar surface area (TPSA) is 92.3 Å². The first kappa shape index (κ1) is 17.9. The molecule has 0 bridgehead atoms. The van der Waals surface area contributed by atoms with Gasteiger partial charge in [-0.1, -0.05) is 12.1 Å². The number of sulfone groups is 1. The van der Waals surface area contributed by atoms with E-state index in [1.807, 2.05) is 6.92 Å². The summed E-state index contributed by atoms with van der Waals surface area (Å²) >= 11 is 0. The highest BCUT2D eigenvalue weighted by molar-refractivity contribution is 7.91. The van der Waals surface area contributed by atoms with Crippen molar-refractivity contribution < 1.29 is 18.0 Å². The van der Waals surface area contributed by atoms with E-state index in [2.05, 4.69) is 10.6 Å². The normalized spacial score (nSPS) is 23.2. The van der Waals surface area contributed by atoms with Crippen molar-refractivity contribution in [2.24, 2.45) is 0 Å². The van der Waals surface area contributed by atoms with E-state index in [9.17, 15) is 18.0 Å². The average Bonchev–Trinajstić information content (AvgIpc) is 2.68. The van der Waals surface area contributed by atoms with E-state index in [4.69, 9.17) is 0 Å². The van der Waals surface area contributed by atoms with Gasteiger partial charge >= 0.3 is 0 Å². The first-order valence-electron chi connectivity index (χ1n) is 8.97. The van der Waals surface area contributed by atoms with Gasteiger partial charge < -0.3 is 10.6 Å². The van der Waals surface area contributed by atoms with Crippen LogP contribution in [0.15, 0.2) is 52.3 Å². The van der Waals surface area contributed by atoms with E-state index in [1.165, 1.54) is 30.3 Å². The maximum Gasteiger partial charge on any atom is 0.251 e. The van der Waals surface area contributed by atoms with Gasteiger partial charge in [0.2, 0.25) is 9.84 Å². The van der Waals surface area contributed by atoms with Gasteiger partial charge in [-0.05, 0) is 56.6 Å². The molecule has 27 heavy (non-hydrogen) atoms. The second-order valence-corrected chi connectivity index (χ2v) is 8.89. The van der Waals surface area contributed by atoms with E-state index in [1.54, 1.807) is 12.1 Å². The van der Waals surface area contributed by atoms with Crippen molar-refractivity contribution >= 4 is 21.5 Å². The number of rotatable bonds is 2. The zero-order valence-corrected chi connectivity index (χ0v) is 15.7. The number of nitrogens with one attached hydrogen (secondary N) is 2. The molecule has 140 valence electrons. The van der Waals surface area contributed by atoms with Crippen molar-refractivity contribution in [3.63, 3.8) is 0 Å². The summed E-state index contributed by atoms with van der Waals surface area (Å²) in [6.45, 7) is 2.93. The lowest BCUT2D eigenvalue weighted by Gasteiger charge is -2.30. The minimum absolute atomic E-state index is 0.00911. The highest BCUT2D eigenvalue weighted by Crippen LogP contribution is 2.34. The van der Waals surface area contributed by atoms with Crippen molar-refractivity contribution in [2.75, 3.05) is 6.54 Å². The highest BCUT2D eigenvalue weighted by atomic mass is 32.2. The lowest BCUT2D eigenvalue weighted by molar-refractivity contribution is 0.0918. The Balaban J connectivity index is 1.70. The van der Waals surface area contributed by atoms with E-state index in [0.29, 0.717) is 0 Å². The Labute approximate surface area is 157 Å². The molecule has 2 aliphatic rings. The molecule has 0 radical (unpaired) electrons. The average molecular weight is 384 g/mol. The van der Waals surface area contributed by atoms with Crippen LogP contribution in [0.2, 0.25) is 0 Å². The highest BCUT2D eigenvalue weighted by Gasteiger charge is 2.35. The van der Waals surface area contributed by atoms with E-state index in [-0.39, 0.29) is 50.3 Å². The number of hydrogen-bond donors (Lipinski definition) is 2. The monoisotopic (exact) mass is 384 g/mol. The minimum atomic E-state index is -3.85. The molecule has 0 saturated carbocycles. The largest absolute Gasteiger partial charge is 0.348 e. The molecule has 1 amide bonds. The Morgan fingerprint density at radius 2 is 1.85 bits per heavy atom. The number of carbonyl (C=O) groups is 2. The van der Waals surface area contributed by atoms with Crippen LogP contribution < -0.4 is 10.6 Å². The third-order valence-corrected chi connectivity index (χ3v) is 7.13. The fourth-order valence-electron chi connectivity index (χ4n) is 3.72. The van der Waals surface area contributed by atoms with Gasteiger partial charge in [0, 0.05) is 28.8 Å². The fraction of sp³-hybridized carbons (Fsp3) is 0.300. The van der Waals surface area contributed by atoms with Crippen molar-refractivity contribution in [3.8, 4) is 0 Å². The molecule has 0 aliphatic carbocycles. The summed E-state index contributed by atoms with van der Waals surface area (Å²) in [5, 5.41) is 6.28. The first-order chi connectivity index (χ1) is 12.9. The molecule has 2 unspecified atom stereocenters. The Hall–Kier alpha value is -2.51. The maximum atomic E-state index is 13.0. The van der Waals surface area contributed by atoms with Crippen LogP contribution in [0, 0.1) is 0 Å². The molecule has 2 atom stereocenters. The maximum absolute atomic E-state index is 13.0. The predicted molar refractivity (Wildman–Crippen MR) is 99.7 cm³/mol. The van der Waals surface area contributed by atoms with Gasteiger partial charge in [-0.25, -0.2) is 8.42 Å². The van der Waals surface area contributed by atoms with E-state index < -0.39 is 9.84 Å². The number of amides is 1. The molecule has 1 saturated heterocycles. The van der Waals surface area contributed by atoms with Gasteiger partial charge in [0.1, 0.15) is 0 Å². The van der Waals surface area contributed by atoms with Crippen molar-refractivity contribution in [3.05, 3.63) is 59.2 Å². The van der Waals surface area contributed by atoms with Gasteiger partial charge in [0.25, 0.3) is 5.91 Å². The molecule has 4 rings (SSSR count). The van der Waals surface area contributed by atoms with Crippen LogP contribution in [0.5, 0.6) is 0 Å². The van der Waals surface area contributed by atoms with Gasteiger partial charge in [0.15, 0.2) is 5.78 Å². The molecule has 2 N–H and O–H groups in total. The summed E-state index contributed by atoms with van der Waals surface area (Å²) < 4.78 is 25.9. The molecule has 2 aliphatic heterocycles. The van der Waals surface area contributed by atoms with Crippen LogP contribution in [0.1, 0.15) is 46.0 Å².